The fourth-order valence-electron chi connectivity index (χ4n) is 4.09. The van der Waals surface area contributed by atoms with Gasteiger partial charge in [-0.3, -0.25) is 13.9 Å². The summed E-state index contributed by atoms with van der Waals surface area (Å²) in [5.41, 5.74) is -1.44. The molecule has 0 fully saturated rings. The zero-order chi connectivity index (χ0) is 31.9. The number of carbonyl (C=O) groups excluding carboxylic acids is 2. The molecule has 2 amide bonds. The molecule has 0 aliphatic heterocycles. The number of carbonyl (C=O) groups is 2. The molecule has 14 heteroatoms. The van der Waals surface area contributed by atoms with Crippen LogP contribution in [0.5, 0.6) is 0 Å². The highest BCUT2D eigenvalue weighted by atomic mass is 35.5. The summed E-state index contributed by atoms with van der Waals surface area (Å²) in [6.45, 7) is 2.42. The lowest BCUT2D eigenvalue weighted by molar-refractivity contribution is -0.139. The molecule has 232 valence electrons. The van der Waals surface area contributed by atoms with Crippen LogP contribution >= 0.6 is 34.8 Å². The van der Waals surface area contributed by atoms with Gasteiger partial charge >= 0.3 is 6.18 Å². The fourth-order valence-corrected chi connectivity index (χ4v) is 6.32. The second-order valence-electron chi connectivity index (χ2n) is 9.53. The van der Waals surface area contributed by atoms with E-state index in [0.717, 1.165) is 17.4 Å². The average molecular weight is 679 g/mol. The van der Waals surface area contributed by atoms with Crippen molar-refractivity contribution < 1.29 is 31.2 Å². The van der Waals surface area contributed by atoms with Gasteiger partial charge in [0.2, 0.25) is 11.8 Å². The lowest BCUT2D eigenvalue weighted by Gasteiger charge is -2.32. The van der Waals surface area contributed by atoms with Crippen LogP contribution in [0.25, 0.3) is 0 Å². The van der Waals surface area contributed by atoms with E-state index < -0.39 is 51.9 Å². The topological polar surface area (TPSA) is 86.8 Å². The maximum atomic E-state index is 14.0. The van der Waals surface area contributed by atoms with Crippen molar-refractivity contribution >= 4 is 62.3 Å². The maximum Gasteiger partial charge on any atom is 0.416 e. The van der Waals surface area contributed by atoms with E-state index >= 15 is 0 Å². The first kappa shape index (κ1) is 34.5. The minimum absolute atomic E-state index is 0.193. The molecule has 1 unspecified atom stereocenters. The second kappa shape index (κ2) is 14.7. The Bertz CT molecular complexity index is 1540. The molecule has 1 atom stereocenters. The van der Waals surface area contributed by atoms with E-state index in [1.54, 1.807) is 12.1 Å². The van der Waals surface area contributed by atoms with E-state index in [9.17, 15) is 31.2 Å². The standard InChI is InChI=1S/C29H29Cl3F3N3O4S/c1-3-4-15-36-28(40)19(2)37(17-22-23(30)11-8-12-24(22)31)27(39)18-38(43(41,42)21-9-6-5-7-10-21)26-16-20(29(33,34)35)13-14-25(26)32/h5-14,16,19H,3-4,15,17-18H2,1-2H3,(H,36,40). The van der Waals surface area contributed by atoms with Crippen molar-refractivity contribution in [1.82, 2.24) is 10.2 Å². The highest BCUT2D eigenvalue weighted by molar-refractivity contribution is 7.92. The van der Waals surface area contributed by atoms with Gasteiger partial charge in [-0.1, -0.05) is 72.4 Å². The number of alkyl halides is 3. The van der Waals surface area contributed by atoms with Gasteiger partial charge in [-0.25, -0.2) is 8.42 Å². The van der Waals surface area contributed by atoms with E-state index in [1.807, 2.05) is 6.92 Å². The van der Waals surface area contributed by atoms with Crippen LogP contribution in [-0.4, -0.2) is 44.3 Å². The Morgan fingerprint density at radius 1 is 0.930 bits per heavy atom. The lowest BCUT2D eigenvalue weighted by atomic mass is 10.1. The summed E-state index contributed by atoms with van der Waals surface area (Å²) in [4.78, 5) is 27.8. The summed E-state index contributed by atoms with van der Waals surface area (Å²) in [6, 6.07) is 12.6. The van der Waals surface area contributed by atoms with Crippen LogP contribution in [0.2, 0.25) is 15.1 Å². The van der Waals surface area contributed by atoms with Gasteiger partial charge in [-0.15, -0.1) is 0 Å². The largest absolute Gasteiger partial charge is 0.416 e. The quantitative estimate of drug-likeness (QED) is 0.206. The lowest BCUT2D eigenvalue weighted by Crippen LogP contribution is -2.51. The predicted octanol–water partition coefficient (Wildman–Crippen LogP) is 7.19. The molecule has 1 N–H and O–H groups in total. The minimum atomic E-state index is -4.83. The van der Waals surface area contributed by atoms with Crippen molar-refractivity contribution in [3.05, 3.63) is 92.9 Å². The molecule has 0 saturated heterocycles. The summed E-state index contributed by atoms with van der Waals surface area (Å²) >= 11 is 18.9. The van der Waals surface area contributed by atoms with Crippen LogP contribution in [0, 0.1) is 0 Å². The number of rotatable bonds is 12. The zero-order valence-electron chi connectivity index (χ0n) is 23.2. The van der Waals surface area contributed by atoms with E-state index in [2.05, 4.69) is 5.32 Å². The van der Waals surface area contributed by atoms with Crippen molar-refractivity contribution in [3.63, 3.8) is 0 Å². The molecule has 43 heavy (non-hydrogen) atoms. The highest BCUT2D eigenvalue weighted by Gasteiger charge is 2.36. The van der Waals surface area contributed by atoms with Crippen molar-refractivity contribution in [2.45, 2.75) is 50.3 Å². The third kappa shape index (κ3) is 8.56. The third-order valence-electron chi connectivity index (χ3n) is 6.54. The Balaban J connectivity index is 2.13. The van der Waals surface area contributed by atoms with Gasteiger partial charge in [-0.05, 0) is 55.8 Å². The van der Waals surface area contributed by atoms with E-state index in [-0.39, 0.29) is 26.5 Å². The summed E-state index contributed by atoms with van der Waals surface area (Å²) in [6.07, 6.45) is -3.35. The van der Waals surface area contributed by atoms with Crippen molar-refractivity contribution in [2.75, 3.05) is 17.4 Å². The fraction of sp³-hybridized carbons (Fsp3) is 0.310. The van der Waals surface area contributed by atoms with Crippen LogP contribution in [0.4, 0.5) is 18.9 Å². The molecule has 0 aliphatic rings. The van der Waals surface area contributed by atoms with Gasteiger partial charge in [0.25, 0.3) is 10.0 Å². The summed E-state index contributed by atoms with van der Waals surface area (Å²) < 4.78 is 69.2. The van der Waals surface area contributed by atoms with E-state index in [4.69, 9.17) is 34.8 Å². The van der Waals surface area contributed by atoms with Gasteiger partial charge in [0.15, 0.2) is 0 Å². The van der Waals surface area contributed by atoms with Gasteiger partial charge in [-0.2, -0.15) is 13.2 Å². The normalized spacial score (nSPS) is 12.5. The van der Waals surface area contributed by atoms with Crippen molar-refractivity contribution in [2.24, 2.45) is 0 Å². The van der Waals surface area contributed by atoms with E-state index in [0.29, 0.717) is 35.0 Å². The average Bonchev–Trinajstić information content (AvgIpc) is 2.95. The zero-order valence-corrected chi connectivity index (χ0v) is 26.3. The van der Waals surface area contributed by atoms with Crippen molar-refractivity contribution in [3.8, 4) is 0 Å². The number of sulfonamides is 1. The predicted molar refractivity (Wildman–Crippen MR) is 162 cm³/mol. The Labute approximate surface area is 263 Å². The van der Waals surface area contributed by atoms with Gasteiger partial charge < -0.3 is 10.2 Å². The Kier molecular flexibility index (Phi) is 11.8. The number of nitrogens with zero attached hydrogens (tertiary/aromatic N) is 2. The number of unbranched alkanes of at least 4 members (excludes halogenated alkanes) is 1. The Morgan fingerprint density at radius 3 is 2.14 bits per heavy atom. The number of benzene rings is 3. The first-order chi connectivity index (χ1) is 20.2. The molecule has 7 nitrogen and oxygen atoms in total. The summed E-state index contributed by atoms with van der Waals surface area (Å²) in [5, 5.41) is 2.78. The molecule has 0 heterocycles. The number of hydrogen-bond donors (Lipinski definition) is 1. The monoisotopic (exact) mass is 677 g/mol. The molecule has 0 spiro atoms. The van der Waals surface area contributed by atoms with Crippen LogP contribution < -0.4 is 9.62 Å². The molecule has 3 aromatic carbocycles. The van der Waals surface area contributed by atoms with E-state index in [1.165, 1.54) is 43.3 Å². The van der Waals surface area contributed by atoms with Crippen LogP contribution in [0.3, 0.4) is 0 Å². The molecule has 0 bridgehead atoms. The molecule has 3 rings (SSSR count). The Morgan fingerprint density at radius 2 is 1.56 bits per heavy atom. The molecular formula is C29H29Cl3F3N3O4S. The van der Waals surface area contributed by atoms with Gasteiger partial charge in [0.1, 0.15) is 12.6 Å². The van der Waals surface area contributed by atoms with Crippen LogP contribution in [0.1, 0.15) is 37.8 Å². The van der Waals surface area contributed by atoms with Crippen LogP contribution in [-0.2, 0) is 32.3 Å². The first-order valence-corrected chi connectivity index (χ1v) is 15.7. The van der Waals surface area contributed by atoms with Gasteiger partial charge in [0, 0.05) is 28.7 Å². The first-order valence-electron chi connectivity index (χ1n) is 13.1. The number of halogens is 6. The molecule has 0 radical (unpaired) electrons. The van der Waals surface area contributed by atoms with Crippen LogP contribution in [0.15, 0.2) is 71.6 Å². The maximum absolute atomic E-state index is 14.0. The number of amides is 2. The smallest absolute Gasteiger partial charge is 0.354 e. The minimum Gasteiger partial charge on any atom is -0.354 e. The number of hydrogen-bond acceptors (Lipinski definition) is 4. The van der Waals surface area contributed by atoms with Crippen molar-refractivity contribution in [1.29, 1.82) is 0 Å². The SMILES string of the molecule is CCCCNC(=O)C(C)N(Cc1c(Cl)cccc1Cl)C(=O)CN(c1cc(C(F)(F)F)ccc1Cl)S(=O)(=O)c1ccccc1. The highest BCUT2D eigenvalue weighted by Crippen LogP contribution is 2.37. The molecule has 3 aromatic rings. The summed E-state index contributed by atoms with van der Waals surface area (Å²) in [7, 11) is -4.64. The molecular weight excluding hydrogens is 650 g/mol. The van der Waals surface area contributed by atoms with Gasteiger partial charge in [0.05, 0.1) is 21.2 Å². The summed E-state index contributed by atoms with van der Waals surface area (Å²) in [5.74, 6) is -1.44. The number of nitrogens with one attached hydrogen (secondary N) is 1. The molecule has 0 aliphatic carbocycles. The molecule has 0 aromatic heterocycles. The third-order valence-corrected chi connectivity index (χ3v) is 9.34. The molecule has 0 saturated carbocycles. The Hall–Kier alpha value is -2.99. The number of anilines is 1. The second-order valence-corrected chi connectivity index (χ2v) is 12.6.